The molecule has 0 amide bonds. The molecule has 0 unspecified atom stereocenters. The summed E-state index contributed by atoms with van der Waals surface area (Å²) in [6, 6.07) is 7.73. The van der Waals surface area contributed by atoms with Crippen LogP contribution >= 0.6 is 0 Å². The van der Waals surface area contributed by atoms with Gasteiger partial charge >= 0.3 is 0 Å². The average Bonchev–Trinajstić information content (AvgIpc) is 3.35. The van der Waals surface area contributed by atoms with Crippen LogP contribution < -0.4 is 9.47 Å². The van der Waals surface area contributed by atoms with E-state index in [1.165, 1.54) is 32.1 Å². The van der Waals surface area contributed by atoms with E-state index < -0.39 is 12.1 Å². The summed E-state index contributed by atoms with van der Waals surface area (Å²) in [4.78, 5) is 0. The Morgan fingerprint density at radius 3 is 2.29 bits per heavy atom. The fourth-order valence-electron chi connectivity index (χ4n) is 4.34. The minimum Gasteiger partial charge on any atom is -0.494 e. The number of ether oxygens (including phenoxy) is 7. The number of hydrogen-bond acceptors (Lipinski definition) is 7. The smallest absolute Gasteiger partial charge is 0.190 e. The summed E-state index contributed by atoms with van der Waals surface area (Å²) in [5.41, 5.74) is 0. The second-order valence-corrected chi connectivity index (χ2v) is 8.92. The summed E-state index contributed by atoms with van der Waals surface area (Å²) in [6.45, 7) is 7.31. The van der Waals surface area contributed by atoms with Crippen molar-refractivity contribution in [3.8, 4) is 11.5 Å². The highest BCUT2D eigenvalue weighted by atomic mass is 16.8. The van der Waals surface area contributed by atoms with E-state index in [0.29, 0.717) is 6.61 Å². The lowest BCUT2D eigenvalue weighted by molar-refractivity contribution is -0.236. The van der Waals surface area contributed by atoms with Gasteiger partial charge in [0.2, 0.25) is 0 Å². The first-order valence-corrected chi connectivity index (χ1v) is 11.7. The van der Waals surface area contributed by atoms with Crippen LogP contribution in [0.5, 0.6) is 11.5 Å². The first kappa shape index (κ1) is 22.8. The maximum Gasteiger partial charge on any atom is 0.190 e. The van der Waals surface area contributed by atoms with Crippen molar-refractivity contribution >= 4 is 0 Å². The van der Waals surface area contributed by atoms with Crippen LogP contribution in [0.4, 0.5) is 0 Å². The average molecular weight is 437 g/mol. The van der Waals surface area contributed by atoms with Crippen molar-refractivity contribution in [3.05, 3.63) is 24.3 Å². The van der Waals surface area contributed by atoms with Crippen LogP contribution in [0.2, 0.25) is 0 Å². The molecule has 0 radical (unpaired) electrons. The van der Waals surface area contributed by atoms with Crippen LogP contribution in [0.1, 0.15) is 59.3 Å². The Labute approximate surface area is 185 Å². The van der Waals surface area contributed by atoms with Crippen molar-refractivity contribution in [1.82, 2.24) is 0 Å². The molecule has 0 N–H and O–H groups in total. The largest absolute Gasteiger partial charge is 0.494 e. The summed E-state index contributed by atoms with van der Waals surface area (Å²) < 4.78 is 41.3. The van der Waals surface area contributed by atoms with Gasteiger partial charge in [-0.3, -0.25) is 0 Å². The third kappa shape index (κ3) is 5.90. The molecule has 0 spiro atoms. The second kappa shape index (κ2) is 10.5. The fraction of sp³-hybridized carbons (Fsp3) is 0.750. The molecule has 3 aliphatic heterocycles. The molecule has 0 aliphatic carbocycles. The van der Waals surface area contributed by atoms with E-state index in [9.17, 15) is 0 Å². The quantitative estimate of drug-likeness (QED) is 0.476. The molecule has 1 aromatic rings. The van der Waals surface area contributed by atoms with Crippen molar-refractivity contribution in [1.29, 1.82) is 0 Å². The van der Waals surface area contributed by atoms with Gasteiger partial charge in [-0.1, -0.05) is 39.0 Å². The zero-order valence-electron chi connectivity index (χ0n) is 18.9. The molecule has 7 heteroatoms. The Balaban J connectivity index is 1.21. The van der Waals surface area contributed by atoms with Gasteiger partial charge < -0.3 is 33.2 Å². The van der Waals surface area contributed by atoms with Crippen LogP contribution in [-0.2, 0) is 23.7 Å². The lowest BCUT2D eigenvalue weighted by Gasteiger charge is -2.37. The number of hydrogen-bond donors (Lipinski definition) is 0. The minimum atomic E-state index is -0.701. The van der Waals surface area contributed by atoms with Gasteiger partial charge in [-0.05, 0) is 44.5 Å². The molecule has 31 heavy (non-hydrogen) atoms. The van der Waals surface area contributed by atoms with Crippen LogP contribution in [0, 0.1) is 0 Å². The van der Waals surface area contributed by atoms with E-state index in [1.54, 1.807) is 0 Å². The van der Waals surface area contributed by atoms with Crippen molar-refractivity contribution < 1.29 is 33.2 Å². The summed E-state index contributed by atoms with van der Waals surface area (Å²) >= 11 is 0. The topological polar surface area (TPSA) is 64.6 Å². The lowest BCUT2D eigenvalue weighted by atomic mass is 9.99. The van der Waals surface area contributed by atoms with Gasteiger partial charge in [-0.25, -0.2) is 0 Å². The second-order valence-electron chi connectivity index (χ2n) is 8.92. The Bertz CT molecular complexity index is 677. The molecule has 1 aromatic carbocycles. The molecule has 0 aromatic heterocycles. The SMILES string of the molecule is CCCCCCCCOc1ccc(OC[C@H]2O[C@@H]3OC(C)(C)O[C@@H]3[C@H]3OCO[C@H]32)cc1. The van der Waals surface area contributed by atoms with E-state index in [0.717, 1.165) is 24.5 Å². The molecule has 3 fully saturated rings. The summed E-state index contributed by atoms with van der Waals surface area (Å²) in [5, 5.41) is 0. The molecular weight excluding hydrogens is 400 g/mol. The zero-order valence-corrected chi connectivity index (χ0v) is 18.9. The summed E-state index contributed by atoms with van der Waals surface area (Å²) in [5.74, 6) is 0.924. The Morgan fingerprint density at radius 1 is 0.839 bits per heavy atom. The fourth-order valence-corrected chi connectivity index (χ4v) is 4.34. The van der Waals surface area contributed by atoms with Gasteiger partial charge in [0, 0.05) is 0 Å². The van der Waals surface area contributed by atoms with Gasteiger partial charge in [0.05, 0.1) is 6.61 Å². The molecule has 5 atom stereocenters. The molecule has 3 aliphatic rings. The third-order valence-electron chi connectivity index (χ3n) is 5.94. The van der Waals surface area contributed by atoms with Gasteiger partial charge in [-0.15, -0.1) is 0 Å². The van der Waals surface area contributed by atoms with Gasteiger partial charge in [0.15, 0.2) is 12.1 Å². The van der Waals surface area contributed by atoms with Crippen molar-refractivity contribution in [3.63, 3.8) is 0 Å². The van der Waals surface area contributed by atoms with E-state index in [2.05, 4.69) is 6.92 Å². The molecule has 4 rings (SSSR count). The summed E-state index contributed by atoms with van der Waals surface area (Å²) in [7, 11) is 0. The molecule has 7 nitrogen and oxygen atoms in total. The molecule has 3 heterocycles. The number of rotatable bonds is 11. The third-order valence-corrected chi connectivity index (χ3v) is 5.94. The van der Waals surface area contributed by atoms with Gasteiger partial charge in [-0.2, -0.15) is 0 Å². The zero-order chi connectivity index (χ0) is 21.7. The molecule has 174 valence electrons. The van der Waals surface area contributed by atoms with E-state index in [-0.39, 0.29) is 31.2 Å². The molecule has 0 saturated carbocycles. The Kier molecular flexibility index (Phi) is 7.72. The highest BCUT2D eigenvalue weighted by molar-refractivity contribution is 5.31. The van der Waals surface area contributed by atoms with Crippen LogP contribution in [0.25, 0.3) is 0 Å². The highest BCUT2D eigenvalue weighted by Crippen LogP contribution is 2.40. The predicted octanol–water partition coefficient (Wildman–Crippen LogP) is 4.42. The highest BCUT2D eigenvalue weighted by Gasteiger charge is 2.57. The molecule has 3 saturated heterocycles. The van der Waals surface area contributed by atoms with Gasteiger partial charge in [0.1, 0.15) is 49.3 Å². The van der Waals surface area contributed by atoms with Crippen LogP contribution in [0.15, 0.2) is 24.3 Å². The first-order valence-electron chi connectivity index (χ1n) is 11.7. The normalized spacial score (nSPS) is 31.3. The molecular formula is C24H36O7. The minimum absolute atomic E-state index is 0.216. The monoisotopic (exact) mass is 436 g/mol. The Morgan fingerprint density at radius 2 is 1.52 bits per heavy atom. The first-order chi connectivity index (χ1) is 15.1. The maximum atomic E-state index is 6.10. The van der Waals surface area contributed by atoms with Crippen molar-refractivity contribution in [2.24, 2.45) is 0 Å². The van der Waals surface area contributed by atoms with Gasteiger partial charge in [0.25, 0.3) is 0 Å². The van der Waals surface area contributed by atoms with Crippen molar-refractivity contribution in [2.75, 3.05) is 20.0 Å². The van der Waals surface area contributed by atoms with Crippen LogP contribution in [0.3, 0.4) is 0 Å². The lowest BCUT2D eigenvalue weighted by Crippen LogP contribution is -2.56. The number of benzene rings is 1. The van der Waals surface area contributed by atoms with E-state index in [4.69, 9.17) is 33.2 Å². The number of fused-ring (bicyclic) bond motifs is 3. The van der Waals surface area contributed by atoms with E-state index >= 15 is 0 Å². The maximum absolute atomic E-state index is 6.10. The predicted molar refractivity (Wildman–Crippen MR) is 114 cm³/mol. The number of unbranched alkanes of at least 4 members (excludes halogenated alkanes) is 5. The molecule has 0 bridgehead atoms. The van der Waals surface area contributed by atoms with Crippen molar-refractivity contribution in [2.45, 2.75) is 95.8 Å². The van der Waals surface area contributed by atoms with Crippen LogP contribution in [-0.4, -0.2) is 56.5 Å². The standard InChI is InChI=1S/C24H36O7/c1-4-5-6-7-8-9-14-25-17-10-12-18(13-11-17)26-15-19-20-21(28-16-27-20)22-23(29-19)31-24(2,3)30-22/h10-13,19-23H,4-9,14-16H2,1-3H3/t19-,20+,21+,22-,23-/m1/s1. The summed E-state index contributed by atoms with van der Waals surface area (Å²) in [6.07, 6.45) is 6.02. The van der Waals surface area contributed by atoms with E-state index in [1.807, 2.05) is 38.1 Å². The Hall–Kier alpha value is -1.38.